The molecular formula is C42H43N3O2. The lowest BCUT2D eigenvalue weighted by atomic mass is 9.83. The van der Waals surface area contributed by atoms with Crippen molar-refractivity contribution in [1.29, 1.82) is 0 Å². The van der Waals surface area contributed by atoms with Gasteiger partial charge in [-0.25, -0.2) is 0 Å². The summed E-state index contributed by atoms with van der Waals surface area (Å²) in [6, 6.07) is 45.7. The van der Waals surface area contributed by atoms with Gasteiger partial charge in [0.2, 0.25) is 0 Å². The van der Waals surface area contributed by atoms with E-state index in [4.69, 9.17) is 4.74 Å². The predicted octanol–water partition coefficient (Wildman–Crippen LogP) is 9.17. The van der Waals surface area contributed by atoms with Crippen LogP contribution < -0.4 is 10.1 Å². The number of likely N-dealkylation sites (N-methyl/N-ethyl adjacent to an activating group) is 1. The maximum atomic E-state index is 14.6. The van der Waals surface area contributed by atoms with Gasteiger partial charge < -0.3 is 19.5 Å². The van der Waals surface area contributed by atoms with Crippen LogP contribution in [0.4, 0.5) is 5.69 Å². The van der Waals surface area contributed by atoms with Gasteiger partial charge in [0.15, 0.2) is 0 Å². The summed E-state index contributed by atoms with van der Waals surface area (Å²) in [6.45, 7) is 4.16. The first-order chi connectivity index (χ1) is 23.0. The minimum Gasteiger partial charge on any atom is -0.489 e. The molecule has 238 valence electrons. The molecule has 6 aromatic rings. The minimum atomic E-state index is -0.183. The van der Waals surface area contributed by atoms with Crippen molar-refractivity contribution in [2.45, 2.75) is 38.8 Å². The van der Waals surface area contributed by atoms with Crippen molar-refractivity contribution in [3.05, 3.63) is 167 Å². The van der Waals surface area contributed by atoms with E-state index in [0.29, 0.717) is 18.8 Å². The Morgan fingerprint density at radius 1 is 0.745 bits per heavy atom. The van der Waals surface area contributed by atoms with Gasteiger partial charge in [-0.05, 0) is 73.1 Å². The summed E-state index contributed by atoms with van der Waals surface area (Å²) in [5.41, 5.74) is 8.15. The van der Waals surface area contributed by atoms with Crippen LogP contribution in [0.1, 0.15) is 57.6 Å². The minimum absolute atomic E-state index is 0.109. The van der Waals surface area contributed by atoms with Gasteiger partial charge in [-0.3, -0.25) is 4.79 Å². The molecule has 0 saturated heterocycles. The van der Waals surface area contributed by atoms with Crippen LogP contribution >= 0.6 is 0 Å². The van der Waals surface area contributed by atoms with E-state index < -0.39 is 0 Å². The van der Waals surface area contributed by atoms with E-state index in [9.17, 15) is 4.79 Å². The summed E-state index contributed by atoms with van der Waals surface area (Å²) in [7, 11) is 4.14. The number of carbonyl (C=O) groups is 1. The standard InChI is InChI=1S/C42H43N3O2/c1-4-13-31-20-24-35(25-21-31)43-42(46)41-40(37-18-11-12-19-38(37)45(41)29-28-44(2)3)39(33-16-9-6-10-17-33)34-22-26-36(27-23-34)47-30-32-14-7-5-8-15-32/h5-12,14-27,39H,4,13,28-30H2,1-3H3,(H,43,46). The number of benzene rings is 5. The largest absolute Gasteiger partial charge is 0.489 e. The van der Waals surface area contributed by atoms with Crippen molar-refractivity contribution < 1.29 is 9.53 Å². The second kappa shape index (κ2) is 15.0. The maximum Gasteiger partial charge on any atom is 0.272 e. The van der Waals surface area contributed by atoms with Crippen molar-refractivity contribution >= 4 is 22.5 Å². The Balaban J connectivity index is 1.46. The predicted molar refractivity (Wildman–Crippen MR) is 193 cm³/mol. The first kappa shape index (κ1) is 31.8. The van der Waals surface area contributed by atoms with Crippen molar-refractivity contribution in [3.8, 4) is 5.75 Å². The zero-order valence-electron chi connectivity index (χ0n) is 27.5. The number of hydrogen-bond donors (Lipinski definition) is 1. The van der Waals surface area contributed by atoms with Gasteiger partial charge in [-0.2, -0.15) is 0 Å². The van der Waals surface area contributed by atoms with Crippen molar-refractivity contribution in [3.63, 3.8) is 0 Å². The number of ether oxygens (including phenoxy) is 1. The van der Waals surface area contributed by atoms with E-state index in [1.807, 2.05) is 48.5 Å². The smallest absolute Gasteiger partial charge is 0.272 e. The summed E-state index contributed by atoms with van der Waals surface area (Å²) in [4.78, 5) is 16.7. The van der Waals surface area contributed by atoms with Crippen molar-refractivity contribution in [2.24, 2.45) is 0 Å². The fourth-order valence-corrected chi connectivity index (χ4v) is 6.30. The highest BCUT2D eigenvalue weighted by atomic mass is 16.5. The zero-order chi connectivity index (χ0) is 32.6. The molecule has 0 aliphatic carbocycles. The molecule has 0 saturated carbocycles. The molecular weight excluding hydrogens is 578 g/mol. The molecule has 1 aromatic heterocycles. The number of hydrogen-bond acceptors (Lipinski definition) is 3. The van der Waals surface area contributed by atoms with Crippen LogP contribution in [0.5, 0.6) is 5.75 Å². The number of nitrogens with zero attached hydrogens (tertiary/aromatic N) is 2. The Bertz CT molecular complexity index is 1890. The first-order valence-corrected chi connectivity index (χ1v) is 16.5. The van der Waals surface area contributed by atoms with Crippen LogP contribution in [0.25, 0.3) is 10.9 Å². The van der Waals surface area contributed by atoms with E-state index in [2.05, 4.69) is 121 Å². The van der Waals surface area contributed by atoms with Crippen LogP contribution in [0.3, 0.4) is 0 Å². The summed E-state index contributed by atoms with van der Waals surface area (Å²) in [5, 5.41) is 4.34. The number of aromatic nitrogens is 1. The van der Waals surface area contributed by atoms with E-state index in [1.54, 1.807) is 0 Å². The molecule has 0 bridgehead atoms. The highest BCUT2D eigenvalue weighted by Crippen LogP contribution is 2.41. The van der Waals surface area contributed by atoms with Gasteiger partial charge >= 0.3 is 0 Å². The van der Waals surface area contributed by atoms with Crippen LogP contribution in [-0.2, 0) is 19.6 Å². The quantitative estimate of drug-likeness (QED) is 0.140. The molecule has 5 nitrogen and oxygen atoms in total. The Morgan fingerprint density at radius 2 is 1.38 bits per heavy atom. The van der Waals surface area contributed by atoms with Gasteiger partial charge in [0.05, 0.1) is 0 Å². The van der Waals surface area contributed by atoms with Crippen molar-refractivity contribution in [1.82, 2.24) is 9.47 Å². The lowest BCUT2D eigenvalue weighted by Gasteiger charge is -2.22. The number of carbonyl (C=O) groups excluding carboxylic acids is 1. The number of aryl methyl sites for hydroxylation is 1. The number of amides is 1. The fraction of sp³-hybridized carbons (Fsp3) is 0.214. The molecule has 47 heavy (non-hydrogen) atoms. The third kappa shape index (κ3) is 7.48. The topological polar surface area (TPSA) is 46.5 Å². The lowest BCUT2D eigenvalue weighted by Crippen LogP contribution is -2.24. The van der Waals surface area contributed by atoms with Crippen molar-refractivity contribution in [2.75, 3.05) is 26.0 Å². The van der Waals surface area contributed by atoms with Gasteiger partial charge in [0.1, 0.15) is 18.1 Å². The number of nitrogens with one attached hydrogen (secondary N) is 1. The Hall–Kier alpha value is -5.13. The summed E-state index contributed by atoms with van der Waals surface area (Å²) in [6.07, 6.45) is 2.11. The van der Waals surface area contributed by atoms with Crippen LogP contribution in [0, 0.1) is 0 Å². The number of anilines is 1. The molecule has 0 fully saturated rings. The third-order valence-electron chi connectivity index (χ3n) is 8.63. The van der Waals surface area contributed by atoms with Crippen LogP contribution in [0.2, 0.25) is 0 Å². The number of rotatable bonds is 13. The Labute approximate surface area is 278 Å². The maximum absolute atomic E-state index is 14.6. The zero-order valence-corrected chi connectivity index (χ0v) is 27.5. The average molecular weight is 622 g/mol. The third-order valence-corrected chi connectivity index (χ3v) is 8.63. The molecule has 0 aliphatic heterocycles. The van der Waals surface area contributed by atoms with E-state index >= 15 is 0 Å². The van der Waals surface area contributed by atoms with E-state index in [-0.39, 0.29) is 11.8 Å². The molecule has 1 unspecified atom stereocenters. The van der Waals surface area contributed by atoms with Gasteiger partial charge in [0.25, 0.3) is 5.91 Å². The SMILES string of the molecule is CCCc1ccc(NC(=O)c2c(C(c3ccccc3)c3ccc(OCc4ccccc4)cc3)c3ccccc3n2CCN(C)C)cc1. The second-order valence-corrected chi connectivity index (χ2v) is 12.3. The monoisotopic (exact) mass is 621 g/mol. The molecule has 0 aliphatic rings. The molecule has 1 N–H and O–H groups in total. The average Bonchev–Trinajstić information content (AvgIpc) is 3.43. The highest BCUT2D eigenvalue weighted by Gasteiger charge is 2.30. The number of para-hydroxylation sites is 1. The Morgan fingerprint density at radius 3 is 2.06 bits per heavy atom. The van der Waals surface area contributed by atoms with Gasteiger partial charge in [-0.1, -0.05) is 116 Å². The Kier molecular flexibility index (Phi) is 10.1. The van der Waals surface area contributed by atoms with Crippen LogP contribution in [-0.4, -0.2) is 36.0 Å². The fourth-order valence-electron chi connectivity index (χ4n) is 6.30. The summed E-state index contributed by atoms with van der Waals surface area (Å²) < 4.78 is 8.35. The molecule has 1 heterocycles. The molecule has 0 radical (unpaired) electrons. The molecule has 6 rings (SSSR count). The molecule has 1 atom stereocenters. The molecule has 0 spiro atoms. The van der Waals surface area contributed by atoms with E-state index in [1.165, 1.54) is 5.56 Å². The summed E-state index contributed by atoms with van der Waals surface area (Å²) >= 11 is 0. The second-order valence-electron chi connectivity index (χ2n) is 12.3. The molecule has 5 aromatic carbocycles. The molecule has 5 heteroatoms. The molecule has 1 amide bonds. The normalized spacial score (nSPS) is 11.9. The first-order valence-electron chi connectivity index (χ1n) is 16.5. The van der Waals surface area contributed by atoms with Gasteiger partial charge in [0, 0.05) is 41.2 Å². The summed E-state index contributed by atoms with van der Waals surface area (Å²) in [5.74, 6) is 0.516. The lowest BCUT2D eigenvalue weighted by molar-refractivity contribution is 0.101. The van der Waals surface area contributed by atoms with E-state index in [0.717, 1.165) is 64.0 Å². The number of fused-ring (bicyclic) bond motifs is 1. The van der Waals surface area contributed by atoms with Gasteiger partial charge in [-0.15, -0.1) is 0 Å². The highest BCUT2D eigenvalue weighted by molar-refractivity contribution is 6.09. The van der Waals surface area contributed by atoms with Crippen LogP contribution in [0.15, 0.2) is 133 Å².